The number of ether oxygens (including phenoxy) is 1. The van der Waals surface area contributed by atoms with Gasteiger partial charge in [0.25, 0.3) is 5.91 Å². The van der Waals surface area contributed by atoms with E-state index in [0.29, 0.717) is 12.2 Å². The summed E-state index contributed by atoms with van der Waals surface area (Å²) in [6, 6.07) is 8.90. The summed E-state index contributed by atoms with van der Waals surface area (Å²) in [5.74, 6) is -0.455. The number of carboxylic acids is 1. The van der Waals surface area contributed by atoms with Crippen molar-refractivity contribution in [2.24, 2.45) is 0 Å². The number of carboxylic acid groups (broad SMARTS) is 1. The van der Waals surface area contributed by atoms with Gasteiger partial charge in [0, 0.05) is 24.6 Å². The molecule has 0 spiro atoms. The number of hydrogen-bond donors (Lipinski definition) is 2. The fourth-order valence-electron chi connectivity index (χ4n) is 3.20. The van der Waals surface area contributed by atoms with Crippen LogP contribution in [0.2, 0.25) is 0 Å². The van der Waals surface area contributed by atoms with Crippen molar-refractivity contribution in [2.75, 3.05) is 0 Å². The summed E-state index contributed by atoms with van der Waals surface area (Å²) in [7, 11) is 0. The van der Waals surface area contributed by atoms with E-state index in [9.17, 15) is 9.59 Å². The van der Waals surface area contributed by atoms with E-state index in [4.69, 9.17) is 14.3 Å². The van der Waals surface area contributed by atoms with Crippen LogP contribution in [0.25, 0.3) is 0 Å². The molecule has 2 N–H and O–H groups in total. The third-order valence-corrected chi connectivity index (χ3v) is 4.59. The first kappa shape index (κ1) is 18.0. The number of furan rings is 1. The zero-order valence-corrected chi connectivity index (χ0v) is 14.8. The van der Waals surface area contributed by atoms with Crippen LogP contribution in [0.3, 0.4) is 0 Å². The summed E-state index contributed by atoms with van der Waals surface area (Å²) >= 11 is 0. The number of hydrogen-bond acceptors (Lipinski definition) is 4. The molecule has 6 heteroatoms. The van der Waals surface area contributed by atoms with Gasteiger partial charge in [0.15, 0.2) is 5.76 Å². The molecule has 1 fully saturated rings. The molecule has 0 aliphatic heterocycles. The Kier molecular flexibility index (Phi) is 5.61. The zero-order chi connectivity index (χ0) is 18.5. The van der Waals surface area contributed by atoms with Crippen LogP contribution >= 0.6 is 0 Å². The monoisotopic (exact) mass is 357 g/mol. The average molecular weight is 357 g/mol. The fourth-order valence-corrected chi connectivity index (χ4v) is 3.20. The van der Waals surface area contributed by atoms with Crippen LogP contribution < -0.4 is 10.1 Å². The minimum absolute atomic E-state index is 0.00782. The lowest BCUT2D eigenvalue weighted by atomic mass is 10.2. The lowest BCUT2D eigenvalue weighted by molar-refractivity contribution is 0.0694. The van der Waals surface area contributed by atoms with Crippen LogP contribution in [0.15, 0.2) is 34.7 Å². The summed E-state index contributed by atoms with van der Waals surface area (Å²) in [5, 5.41) is 11.9. The van der Waals surface area contributed by atoms with E-state index >= 15 is 0 Å². The molecule has 1 saturated carbocycles. The van der Waals surface area contributed by atoms with Crippen molar-refractivity contribution < 1.29 is 23.8 Å². The summed E-state index contributed by atoms with van der Waals surface area (Å²) in [4.78, 5) is 23.5. The van der Waals surface area contributed by atoms with E-state index in [0.717, 1.165) is 24.2 Å². The number of aryl methyl sites for hydroxylation is 1. The van der Waals surface area contributed by atoms with Gasteiger partial charge in [-0.25, -0.2) is 4.79 Å². The Balaban J connectivity index is 1.67. The van der Waals surface area contributed by atoms with Crippen molar-refractivity contribution in [1.29, 1.82) is 0 Å². The van der Waals surface area contributed by atoms with Gasteiger partial charge in [0.05, 0.1) is 6.10 Å². The molecule has 1 heterocycles. The number of amides is 1. The van der Waals surface area contributed by atoms with Crippen molar-refractivity contribution in [2.45, 2.75) is 51.7 Å². The summed E-state index contributed by atoms with van der Waals surface area (Å²) < 4.78 is 11.5. The smallest absolute Gasteiger partial charge is 0.339 e. The SMILES string of the molecule is CCc1oc(C(=O)NCc2ccccc2OC2CCCC2)cc1C(=O)O. The number of nitrogens with one attached hydrogen (secondary N) is 1. The number of aromatic carboxylic acids is 1. The molecule has 1 amide bonds. The Labute approximate surface area is 152 Å². The maximum absolute atomic E-state index is 12.3. The van der Waals surface area contributed by atoms with E-state index in [1.807, 2.05) is 24.3 Å². The van der Waals surface area contributed by atoms with E-state index in [-0.39, 0.29) is 24.0 Å². The van der Waals surface area contributed by atoms with Crippen molar-refractivity contribution in [3.05, 3.63) is 53.0 Å². The molecule has 0 atom stereocenters. The number of carbonyl (C=O) groups excluding carboxylic acids is 1. The molecular weight excluding hydrogens is 334 g/mol. The third-order valence-electron chi connectivity index (χ3n) is 4.59. The number of para-hydroxylation sites is 1. The van der Waals surface area contributed by atoms with E-state index < -0.39 is 11.9 Å². The van der Waals surface area contributed by atoms with Crippen molar-refractivity contribution >= 4 is 11.9 Å². The van der Waals surface area contributed by atoms with Gasteiger partial charge in [-0.3, -0.25) is 4.79 Å². The molecule has 1 aromatic carbocycles. The van der Waals surface area contributed by atoms with Crippen molar-refractivity contribution in [1.82, 2.24) is 5.32 Å². The second kappa shape index (κ2) is 8.08. The molecule has 2 aromatic rings. The number of carbonyl (C=O) groups is 2. The van der Waals surface area contributed by atoms with Crippen molar-refractivity contribution in [3.63, 3.8) is 0 Å². The summed E-state index contributed by atoms with van der Waals surface area (Å²) in [6.07, 6.45) is 5.15. The van der Waals surface area contributed by atoms with Gasteiger partial charge in [-0.05, 0) is 31.7 Å². The first-order valence-electron chi connectivity index (χ1n) is 8.97. The summed E-state index contributed by atoms with van der Waals surface area (Å²) in [5.41, 5.74) is 0.913. The molecule has 1 aromatic heterocycles. The quantitative estimate of drug-likeness (QED) is 0.787. The van der Waals surface area contributed by atoms with Crippen LogP contribution in [0.4, 0.5) is 0 Å². The van der Waals surface area contributed by atoms with Gasteiger partial charge in [0.2, 0.25) is 0 Å². The third kappa shape index (κ3) is 4.07. The minimum atomic E-state index is -1.10. The standard InChI is InChI=1S/C20H23NO5/c1-2-16-15(20(23)24)11-18(26-16)19(22)21-12-13-7-3-6-10-17(13)25-14-8-4-5-9-14/h3,6-7,10-11,14H,2,4-5,8-9,12H2,1H3,(H,21,22)(H,23,24). The van der Waals surface area contributed by atoms with Crippen LogP contribution in [0, 0.1) is 0 Å². The second-order valence-corrected chi connectivity index (χ2v) is 6.42. The van der Waals surface area contributed by atoms with Gasteiger partial charge in [0.1, 0.15) is 17.1 Å². The highest BCUT2D eigenvalue weighted by molar-refractivity contribution is 5.96. The first-order valence-corrected chi connectivity index (χ1v) is 8.97. The molecule has 0 unspecified atom stereocenters. The molecule has 138 valence electrons. The molecule has 6 nitrogen and oxygen atoms in total. The highest BCUT2D eigenvalue weighted by Gasteiger charge is 2.21. The van der Waals surface area contributed by atoms with Gasteiger partial charge < -0.3 is 19.6 Å². The van der Waals surface area contributed by atoms with E-state index in [2.05, 4.69) is 5.32 Å². The largest absolute Gasteiger partial charge is 0.490 e. The summed E-state index contributed by atoms with van der Waals surface area (Å²) in [6.45, 7) is 2.07. The predicted octanol–water partition coefficient (Wildman–Crippen LogP) is 3.79. The van der Waals surface area contributed by atoms with Crippen molar-refractivity contribution in [3.8, 4) is 5.75 Å². The lowest BCUT2D eigenvalue weighted by Gasteiger charge is -2.16. The maximum atomic E-state index is 12.3. The Morgan fingerprint density at radius 2 is 2.00 bits per heavy atom. The predicted molar refractivity (Wildman–Crippen MR) is 95.5 cm³/mol. The normalized spacial score (nSPS) is 14.3. The topological polar surface area (TPSA) is 88.8 Å². The molecular formula is C20H23NO5. The maximum Gasteiger partial charge on any atom is 0.339 e. The molecule has 1 aliphatic carbocycles. The minimum Gasteiger partial charge on any atom is -0.490 e. The van der Waals surface area contributed by atoms with Gasteiger partial charge in [-0.2, -0.15) is 0 Å². The molecule has 0 radical (unpaired) electrons. The highest BCUT2D eigenvalue weighted by atomic mass is 16.5. The number of rotatable bonds is 7. The molecule has 0 saturated heterocycles. The lowest BCUT2D eigenvalue weighted by Crippen LogP contribution is -2.23. The Morgan fingerprint density at radius 1 is 1.27 bits per heavy atom. The second-order valence-electron chi connectivity index (χ2n) is 6.42. The Hall–Kier alpha value is -2.76. The van der Waals surface area contributed by atoms with Crippen LogP contribution in [-0.4, -0.2) is 23.1 Å². The molecule has 0 bridgehead atoms. The Morgan fingerprint density at radius 3 is 2.65 bits per heavy atom. The fraction of sp³-hybridized carbons (Fsp3) is 0.400. The Bertz CT molecular complexity index is 789. The molecule has 1 aliphatic rings. The zero-order valence-electron chi connectivity index (χ0n) is 14.8. The molecule has 26 heavy (non-hydrogen) atoms. The average Bonchev–Trinajstić information content (AvgIpc) is 3.30. The van der Waals surface area contributed by atoms with E-state index in [1.54, 1.807) is 6.92 Å². The molecule has 3 rings (SSSR count). The van der Waals surface area contributed by atoms with Gasteiger partial charge >= 0.3 is 5.97 Å². The van der Waals surface area contributed by atoms with Crippen LogP contribution in [-0.2, 0) is 13.0 Å². The van der Waals surface area contributed by atoms with Crippen LogP contribution in [0.5, 0.6) is 5.75 Å². The first-order chi connectivity index (χ1) is 12.6. The van der Waals surface area contributed by atoms with Gasteiger partial charge in [-0.15, -0.1) is 0 Å². The van der Waals surface area contributed by atoms with E-state index in [1.165, 1.54) is 18.9 Å². The van der Waals surface area contributed by atoms with Crippen LogP contribution in [0.1, 0.15) is 64.8 Å². The number of benzene rings is 1. The highest BCUT2D eigenvalue weighted by Crippen LogP contribution is 2.26. The van der Waals surface area contributed by atoms with Gasteiger partial charge in [-0.1, -0.05) is 25.1 Å².